The second kappa shape index (κ2) is 10.6. The predicted molar refractivity (Wildman–Crippen MR) is 141 cm³/mol. The fourth-order valence-electron chi connectivity index (χ4n) is 3.80. The quantitative estimate of drug-likeness (QED) is 0.350. The Morgan fingerprint density at radius 3 is 2.59 bits per heavy atom. The highest BCUT2D eigenvalue weighted by molar-refractivity contribution is 7.92. The molecule has 0 aliphatic heterocycles. The molecule has 2 N–H and O–H groups in total. The summed E-state index contributed by atoms with van der Waals surface area (Å²) in [7, 11) is -1.13. The van der Waals surface area contributed by atoms with Gasteiger partial charge in [0.1, 0.15) is 10.6 Å². The second-order valence-corrected chi connectivity index (χ2v) is 10.3. The van der Waals surface area contributed by atoms with Crippen molar-refractivity contribution in [3.63, 3.8) is 0 Å². The molecule has 0 fully saturated rings. The van der Waals surface area contributed by atoms with Gasteiger partial charge in [0.15, 0.2) is 0 Å². The van der Waals surface area contributed by atoms with Gasteiger partial charge in [0, 0.05) is 25.4 Å². The third-order valence-corrected chi connectivity index (χ3v) is 7.60. The van der Waals surface area contributed by atoms with E-state index < -0.39 is 15.9 Å². The average Bonchev–Trinajstić information content (AvgIpc) is 2.89. The Labute approximate surface area is 218 Å². The van der Waals surface area contributed by atoms with E-state index in [1.165, 1.54) is 43.4 Å². The molecule has 0 bridgehead atoms. The molecular weight excluding hydrogens is 518 g/mol. The van der Waals surface area contributed by atoms with Crippen molar-refractivity contribution in [3.8, 4) is 17.0 Å². The van der Waals surface area contributed by atoms with Crippen molar-refractivity contribution >= 4 is 44.1 Å². The summed E-state index contributed by atoms with van der Waals surface area (Å²) in [4.78, 5) is 33.5. The van der Waals surface area contributed by atoms with Gasteiger partial charge in [-0.15, -0.1) is 0 Å². The fraction of sp³-hybridized carbons (Fsp3) is 0.200. The summed E-state index contributed by atoms with van der Waals surface area (Å²) >= 11 is 6.09. The number of amides is 1. The molecule has 0 unspecified atom stereocenters. The number of benzene rings is 2. The third-order valence-electron chi connectivity index (χ3n) is 5.74. The van der Waals surface area contributed by atoms with Crippen LogP contribution in [0.5, 0.6) is 5.88 Å². The SMILES string of the molecule is CNC(=O)[C@H](C)Cn1cnc2ccc(-c3cnc(OC)c(NS(=O)(=O)c4ccccc4Cl)c3)cc2c1=O. The van der Waals surface area contributed by atoms with Crippen molar-refractivity contribution in [1.82, 2.24) is 19.9 Å². The van der Waals surface area contributed by atoms with Crippen molar-refractivity contribution in [2.45, 2.75) is 18.4 Å². The molecular formula is C25H24ClN5O5S. The number of nitrogens with one attached hydrogen (secondary N) is 2. The van der Waals surface area contributed by atoms with Crippen LogP contribution >= 0.6 is 11.6 Å². The Kier molecular flexibility index (Phi) is 7.46. The topological polar surface area (TPSA) is 132 Å². The zero-order chi connectivity index (χ0) is 26.7. The van der Waals surface area contributed by atoms with Crippen LogP contribution in [-0.4, -0.2) is 43.0 Å². The molecule has 0 aliphatic rings. The maximum absolute atomic E-state index is 13.2. The zero-order valence-corrected chi connectivity index (χ0v) is 21.8. The summed E-state index contributed by atoms with van der Waals surface area (Å²) in [5.74, 6) is -0.547. The van der Waals surface area contributed by atoms with E-state index >= 15 is 0 Å². The molecule has 4 rings (SSSR count). The standard InChI is InChI=1S/C25H24ClN5O5S/c1-15(23(32)27-2)13-31-14-29-20-9-8-16(10-18(20)25(31)33)17-11-21(24(36-3)28-12-17)30-37(34,35)22-7-5-4-6-19(22)26/h4-12,14-15,30H,13H2,1-3H3,(H,27,32)/t15-/m1/s1. The Morgan fingerprint density at radius 2 is 1.89 bits per heavy atom. The molecule has 0 radical (unpaired) electrons. The molecule has 4 aromatic rings. The summed E-state index contributed by atoms with van der Waals surface area (Å²) < 4.78 is 35.1. The second-order valence-electron chi connectivity index (χ2n) is 8.27. The minimum atomic E-state index is -4.04. The predicted octanol–water partition coefficient (Wildman–Crippen LogP) is 3.30. The molecule has 1 atom stereocenters. The van der Waals surface area contributed by atoms with E-state index in [4.69, 9.17) is 16.3 Å². The fourth-order valence-corrected chi connectivity index (χ4v) is 5.37. The number of sulfonamides is 1. The summed E-state index contributed by atoms with van der Waals surface area (Å²) in [5.41, 5.74) is 1.43. The van der Waals surface area contributed by atoms with Crippen LogP contribution in [-0.2, 0) is 21.4 Å². The van der Waals surface area contributed by atoms with Gasteiger partial charge in [-0.3, -0.25) is 18.9 Å². The average molecular weight is 542 g/mol. The lowest BCUT2D eigenvalue weighted by Gasteiger charge is -2.14. The lowest BCUT2D eigenvalue weighted by Crippen LogP contribution is -2.32. The van der Waals surface area contributed by atoms with E-state index in [-0.39, 0.29) is 39.5 Å². The first-order valence-electron chi connectivity index (χ1n) is 11.2. The van der Waals surface area contributed by atoms with E-state index in [1.54, 1.807) is 43.3 Å². The van der Waals surface area contributed by atoms with E-state index in [9.17, 15) is 18.0 Å². The number of aromatic nitrogens is 3. The number of methoxy groups -OCH3 is 1. The van der Waals surface area contributed by atoms with Gasteiger partial charge in [0.25, 0.3) is 15.6 Å². The maximum atomic E-state index is 13.2. The number of hydrogen-bond acceptors (Lipinski definition) is 7. The normalized spacial score (nSPS) is 12.2. The number of carbonyl (C=O) groups is 1. The Morgan fingerprint density at radius 1 is 1.14 bits per heavy atom. The van der Waals surface area contributed by atoms with Crippen molar-refractivity contribution in [2.24, 2.45) is 5.92 Å². The van der Waals surface area contributed by atoms with Crippen LogP contribution in [0.2, 0.25) is 5.02 Å². The molecule has 10 nitrogen and oxygen atoms in total. The maximum Gasteiger partial charge on any atom is 0.263 e. The van der Waals surface area contributed by atoms with Gasteiger partial charge in [-0.05, 0) is 35.9 Å². The lowest BCUT2D eigenvalue weighted by molar-refractivity contribution is -0.124. The molecule has 0 spiro atoms. The van der Waals surface area contributed by atoms with E-state index in [0.29, 0.717) is 22.0 Å². The van der Waals surface area contributed by atoms with Crippen molar-refractivity contribution < 1.29 is 17.9 Å². The molecule has 0 saturated carbocycles. The van der Waals surface area contributed by atoms with Gasteiger partial charge < -0.3 is 10.1 Å². The van der Waals surface area contributed by atoms with Crippen LogP contribution in [0, 0.1) is 5.92 Å². The van der Waals surface area contributed by atoms with Crippen LogP contribution in [0.4, 0.5) is 5.69 Å². The number of nitrogens with zero attached hydrogens (tertiary/aromatic N) is 3. The number of hydrogen-bond donors (Lipinski definition) is 2. The van der Waals surface area contributed by atoms with Gasteiger partial charge >= 0.3 is 0 Å². The van der Waals surface area contributed by atoms with Crippen LogP contribution in [0.1, 0.15) is 6.92 Å². The molecule has 0 saturated heterocycles. The molecule has 37 heavy (non-hydrogen) atoms. The highest BCUT2D eigenvalue weighted by atomic mass is 35.5. The molecule has 2 aromatic heterocycles. The number of fused-ring (bicyclic) bond motifs is 1. The molecule has 12 heteroatoms. The van der Waals surface area contributed by atoms with Crippen molar-refractivity contribution in [3.05, 3.63) is 76.4 Å². The van der Waals surface area contributed by atoms with Crippen LogP contribution in [0.3, 0.4) is 0 Å². The Balaban J connectivity index is 1.74. The number of carbonyl (C=O) groups excluding carboxylic acids is 1. The van der Waals surface area contributed by atoms with Crippen molar-refractivity contribution in [1.29, 1.82) is 0 Å². The third kappa shape index (κ3) is 5.42. The Bertz CT molecular complexity index is 1660. The summed E-state index contributed by atoms with van der Waals surface area (Å²) in [5, 5.41) is 2.99. The minimum Gasteiger partial charge on any atom is -0.480 e. The van der Waals surface area contributed by atoms with E-state index in [1.807, 2.05) is 0 Å². The summed E-state index contributed by atoms with van der Waals surface area (Å²) in [6.07, 6.45) is 2.93. The van der Waals surface area contributed by atoms with Gasteiger partial charge in [0.2, 0.25) is 11.8 Å². The summed E-state index contributed by atoms with van der Waals surface area (Å²) in [6, 6.07) is 12.7. The Hall–Kier alpha value is -3.96. The number of rotatable bonds is 8. The van der Waals surface area contributed by atoms with Crippen LogP contribution in [0.15, 0.2) is 70.7 Å². The van der Waals surface area contributed by atoms with Gasteiger partial charge in [0.05, 0.1) is 35.3 Å². The summed E-state index contributed by atoms with van der Waals surface area (Å²) in [6.45, 7) is 1.89. The van der Waals surface area contributed by atoms with Gasteiger partial charge in [-0.1, -0.05) is 36.7 Å². The minimum absolute atomic E-state index is 0.0624. The van der Waals surface area contributed by atoms with E-state index in [2.05, 4.69) is 20.0 Å². The van der Waals surface area contributed by atoms with Crippen LogP contribution < -0.4 is 20.3 Å². The highest BCUT2D eigenvalue weighted by Crippen LogP contribution is 2.32. The number of ether oxygens (including phenoxy) is 1. The molecule has 0 aliphatic carbocycles. The van der Waals surface area contributed by atoms with E-state index in [0.717, 1.165) is 0 Å². The highest BCUT2D eigenvalue weighted by Gasteiger charge is 2.21. The van der Waals surface area contributed by atoms with Crippen LogP contribution in [0.25, 0.3) is 22.0 Å². The first kappa shape index (κ1) is 26.1. The lowest BCUT2D eigenvalue weighted by atomic mass is 10.0. The largest absolute Gasteiger partial charge is 0.480 e. The monoisotopic (exact) mass is 541 g/mol. The number of anilines is 1. The number of pyridine rings is 1. The first-order valence-corrected chi connectivity index (χ1v) is 13.0. The number of halogens is 1. The molecule has 2 heterocycles. The van der Waals surface area contributed by atoms with Gasteiger partial charge in [-0.25, -0.2) is 18.4 Å². The smallest absolute Gasteiger partial charge is 0.263 e. The molecule has 2 aromatic carbocycles. The first-order chi connectivity index (χ1) is 17.6. The van der Waals surface area contributed by atoms with Crippen molar-refractivity contribution in [2.75, 3.05) is 18.9 Å². The zero-order valence-electron chi connectivity index (χ0n) is 20.2. The van der Waals surface area contributed by atoms with Gasteiger partial charge in [-0.2, -0.15) is 0 Å². The molecule has 192 valence electrons. The molecule has 1 amide bonds.